The van der Waals surface area contributed by atoms with E-state index in [-0.39, 0.29) is 23.1 Å². The van der Waals surface area contributed by atoms with E-state index < -0.39 is 0 Å². The minimum Gasteiger partial charge on any atom is -0.376 e. The van der Waals surface area contributed by atoms with Gasteiger partial charge in [-0.3, -0.25) is 9.59 Å². The van der Waals surface area contributed by atoms with Gasteiger partial charge in [0.1, 0.15) is 5.56 Å². The number of ether oxygens (including phenoxy) is 1. The normalized spacial score (nSPS) is 17.0. The summed E-state index contributed by atoms with van der Waals surface area (Å²) in [6.45, 7) is 5.27. The molecule has 1 saturated heterocycles. The Morgan fingerprint density at radius 3 is 2.92 bits per heavy atom. The van der Waals surface area contributed by atoms with Crippen LogP contribution in [0, 0.1) is 13.8 Å². The molecule has 0 bridgehead atoms. The molecule has 1 fully saturated rings. The summed E-state index contributed by atoms with van der Waals surface area (Å²) in [5.41, 5.74) is 1.46. The van der Waals surface area contributed by atoms with E-state index >= 15 is 0 Å². The van der Waals surface area contributed by atoms with Crippen molar-refractivity contribution in [2.45, 2.75) is 45.9 Å². The fourth-order valence-corrected chi connectivity index (χ4v) is 3.64. The fraction of sp³-hybridized carbons (Fsp3) is 0.529. The standard InChI is InChI=1S/C17H22N4O3S/c1-11-6-7-21(9-13-5-4-8-24-13)17(23)15(11)16(22)20(3)10-14-12(2)18-19-25-14/h6-7,13H,4-5,8-10H2,1-3H3. The van der Waals surface area contributed by atoms with Crippen LogP contribution in [0.2, 0.25) is 0 Å². The van der Waals surface area contributed by atoms with Gasteiger partial charge in [-0.2, -0.15) is 0 Å². The zero-order valence-electron chi connectivity index (χ0n) is 14.7. The molecule has 0 aromatic carbocycles. The minimum absolute atomic E-state index is 0.0482. The lowest BCUT2D eigenvalue weighted by atomic mass is 10.1. The van der Waals surface area contributed by atoms with Gasteiger partial charge in [0.15, 0.2) is 0 Å². The van der Waals surface area contributed by atoms with Gasteiger partial charge in [-0.1, -0.05) is 4.49 Å². The molecular formula is C17H22N4O3S. The van der Waals surface area contributed by atoms with Gasteiger partial charge in [-0.25, -0.2) is 0 Å². The zero-order valence-corrected chi connectivity index (χ0v) is 15.5. The first-order valence-corrected chi connectivity index (χ1v) is 9.09. The van der Waals surface area contributed by atoms with Crippen LogP contribution in [0.25, 0.3) is 0 Å². The number of carbonyl (C=O) groups is 1. The number of hydrogen-bond donors (Lipinski definition) is 0. The molecule has 0 radical (unpaired) electrons. The largest absolute Gasteiger partial charge is 0.376 e. The molecule has 0 aliphatic carbocycles. The summed E-state index contributed by atoms with van der Waals surface area (Å²) in [6, 6.07) is 1.82. The number of pyridine rings is 1. The van der Waals surface area contributed by atoms with E-state index in [4.69, 9.17) is 4.74 Å². The van der Waals surface area contributed by atoms with Crippen molar-refractivity contribution in [3.8, 4) is 0 Å². The molecule has 7 nitrogen and oxygen atoms in total. The fourth-order valence-electron chi connectivity index (χ4n) is 2.95. The number of nitrogens with zero attached hydrogens (tertiary/aromatic N) is 4. The van der Waals surface area contributed by atoms with E-state index in [9.17, 15) is 9.59 Å². The van der Waals surface area contributed by atoms with Crippen LogP contribution >= 0.6 is 11.5 Å². The predicted octanol–water partition coefficient (Wildman–Crippen LogP) is 1.77. The van der Waals surface area contributed by atoms with Gasteiger partial charge in [0.2, 0.25) is 0 Å². The van der Waals surface area contributed by atoms with Gasteiger partial charge < -0.3 is 14.2 Å². The smallest absolute Gasteiger partial charge is 0.263 e. The molecule has 0 N–H and O–H groups in total. The van der Waals surface area contributed by atoms with Gasteiger partial charge in [0, 0.05) is 19.9 Å². The third-order valence-corrected chi connectivity index (χ3v) is 5.29. The molecule has 1 atom stereocenters. The molecule has 2 aromatic rings. The summed E-state index contributed by atoms with van der Waals surface area (Å²) in [5.74, 6) is -0.281. The first kappa shape index (κ1) is 17.8. The molecule has 1 unspecified atom stereocenters. The van der Waals surface area contributed by atoms with Crippen LogP contribution in [0.4, 0.5) is 0 Å². The number of rotatable bonds is 5. The second-order valence-electron chi connectivity index (χ2n) is 6.41. The Morgan fingerprint density at radius 2 is 2.28 bits per heavy atom. The molecule has 1 amide bonds. The van der Waals surface area contributed by atoms with Crippen molar-refractivity contribution in [3.05, 3.63) is 44.3 Å². The summed E-state index contributed by atoms with van der Waals surface area (Å²) in [7, 11) is 1.69. The van der Waals surface area contributed by atoms with Crippen molar-refractivity contribution in [1.29, 1.82) is 0 Å². The summed E-state index contributed by atoms with van der Waals surface area (Å²) in [6.07, 6.45) is 3.75. The van der Waals surface area contributed by atoms with Gasteiger partial charge in [-0.15, -0.1) is 5.10 Å². The van der Waals surface area contributed by atoms with Crippen molar-refractivity contribution in [1.82, 2.24) is 19.1 Å². The molecule has 1 aliphatic rings. The van der Waals surface area contributed by atoms with Crippen LogP contribution in [-0.2, 0) is 17.8 Å². The second-order valence-corrected chi connectivity index (χ2v) is 7.25. The maximum atomic E-state index is 12.9. The zero-order chi connectivity index (χ0) is 18.0. The molecule has 3 rings (SSSR count). The number of carbonyl (C=O) groups excluding carboxylic acids is 1. The van der Waals surface area contributed by atoms with Gasteiger partial charge in [0.05, 0.1) is 29.8 Å². The number of amides is 1. The predicted molar refractivity (Wildman–Crippen MR) is 94.9 cm³/mol. The van der Waals surface area contributed by atoms with E-state index in [0.717, 1.165) is 30.0 Å². The molecule has 25 heavy (non-hydrogen) atoms. The Morgan fingerprint density at radius 1 is 1.48 bits per heavy atom. The van der Waals surface area contributed by atoms with Gasteiger partial charge in [-0.05, 0) is 49.9 Å². The Bertz CT molecular complexity index is 824. The second kappa shape index (κ2) is 7.45. The highest BCUT2D eigenvalue weighted by atomic mass is 32.1. The van der Waals surface area contributed by atoms with E-state index in [0.29, 0.717) is 18.7 Å². The Balaban J connectivity index is 1.83. The summed E-state index contributed by atoms with van der Waals surface area (Å²) in [4.78, 5) is 28.2. The average molecular weight is 362 g/mol. The van der Waals surface area contributed by atoms with Crippen LogP contribution < -0.4 is 5.56 Å². The lowest BCUT2D eigenvalue weighted by Gasteiger charge is -2.19. The maximum Gasteiger partial charge on any atom is 0.263 e. The van der Waals surface area contributed by atoms with Crippen molar-refractivity contribution < 1.29 is 9.53 Å². The van der Waals surface area contributed by atoms with Crippen molar-refractivity contribution in [2.75, 3.05) is 13.7 Å². The molecule has 8 heteroatoms. The molecular weight excluding hydrogens is 340 g/mol. The number of aromatic nitrogens is 3. The van der Waals surface area contributed by atoms with Crippen LogP contribution in [0.3, 0.4) is 0 Å². The first-order valence-electron chi connectivity index (χ1n) is 8.32. The SMILES string of the molecule is Cc1ccn(CC2CCCO2)c(=O)c1C(=O)N(C)Cc1snnc1C. The average Bonchev–Trinajstić information content (AvgIpc) is 3.22. The quantitative estimate of drug-likeness (QED) is 0.810. The Labute approximate surface area is 150 Å². The Kier molecular flexibility index (Phi) is 5.29. The first-order chi connectivity index (χ1) is 12.0. The third-order valence-electron chi connectivity index (χ3n) is 4.48. The van der Waals surface area contributed by atoms with Gasteiger partial charge in [0.25, 0.3) is 11.5 Å². The van der Waals surface area contributed by atoms with Crippen LogP contribution in [-0.4, -0.2) is 44.7 Å². The van der Waals surface area contributed by atoms with E-state index in [1.807, 2.05) is 13.0 Å². The topological polar surface area (TPSA) is 77.3 Å². The summed E-state index contributed by atoms with van der Waals surface area (Å²) in [5, 5.41) is 3.96. The molecule has 0 spiro atoms. The highest BCUT2D eigenvalue weighted by molar-refractivity contribution is 7.05. The van der Waals surface area contributed by atoms with Gasteiger partial charge >= 0.3 is 0 Å². The monoisotopic (exact) mass is 362 g/mol. The van der Waals surface area contributed by atoms with E-state index in [2.05, 4.69) is 9.59 Å². The third kappa shape index (κ3) is 3.80. The van der Waals surface area contributed by atoms with Crippen LogP contribution in [0.5, 0.6) is 0 Å². The minimum atomic E-state index is -0.281. The van der Waals surface area contributed by atoms with Crippen molar-refractivity contribution >= 4 is 17.4 Å². The highest BCUT2D eigenvalue weighted by Gasteiger charge is 2.23. The maximum absolute atomic E-state index is 12.9. The lowest BCUT2D eigenvalue weighted by molar-refractivity contribution is 0.0779. The van der Waals surface area contributed by atoms with E-state index in [1.54, 1.807) is 29.6 Å². The Hall–Kier alpha value is -2.06. The van der Waals surface area contributed by atoms with Crippen molar-refractivity contribution in [3.63, 3.8) is 0 Å². The lowest BCUT2D eigenvalue weighted by Crippen LogP contribution is -2.36. The summed E-state index contributed by atoms with van der Waals surface area (Å²) >= 11 is 1.27. The van der Waals surface area contributed by atoms with Crippen LogP contribution in [0.15, 0.2) is 17.1 Å². The van der Waals surface area contributed by atoms with Crippen molar-refractivity contribution in [2.24, 2.45) is 0 Å². The molecule has 1 aliphatic heterocycles. The number of hydrogen-bond acceptors (Lipinski definition) is 6. The highest BCUT2D eigenvalue weighted by Crippen LogP contribution is 2.16. The van der Waals surface area contributed by atoms with Crippen LogP contribution in [0.1, 0.15) is 39.3 Å². The number of aryl methyl sites for hydroxylation is 2. The molecule has 2 aromatic heterocycles. The molecule has 0 saturated carbocycles. The van der Waals surface area contributed by atoms with E-state index in [1.165, 1.54) is 11.5 Å². The molecule has 134 valence electrons. The molecule has 3 heterocycles. The summed E-state index contributed by atoms with van der Waals surface area (Å²) < 4.78 is 11.1.